The molecule has 3 heteroatoms. The first-order valence-electron chi connectivity index (χ1n) is 7.54. The monoisotopic (exact) mass is 251 g/mol. The molecule has 3 nitrogen and oxygen atoms in total. The number of hydrogen-bond acceptors (Lipinski definition) is 2. The van der Waals surface area contributed by atoms with E-state index in [1.165, 1.54) is 56.3 Å². The molecule has 0 fully saturated rings. The number of nitrogens with one attached hydrogen (secondary N) is 1. The number of nitrogens with zero attached hydrogens (tertiary/aromatic N) is 2. The molecule has 0 saturated heterocycles. The third-order valence-corrected chi connectivity index (χ3v) is 3.34. The topological polar surface area (TPSA) is 29.9 Å². The van der Waals surface area contributed by atoms with Gasteiger partial charge in [0.2, 0.25) is 0 Å². The van der Waals surface area contributed by atoms with Crippen molar-refractivity contribution in [1.82, 2.24) is 9.78 Å². The smallest absolute Gasteiger partial charge is 0.0853 e. The van der Waals surface area contributed by atoms with Gasteiger partial charge in [0, 0.05) is 19.8 Å². The minimum atomic E-state index is 1.00. The molecule has 0 radical (unpaired) electrons. The van der Waals surface area contributed by atoms with Gasteiger partial charge in [0.15, 0.2) is 0 Å². The zero-order valence-electron chi connectivity index (χ0n) is 12.3. The van der Waals surface area contributed by atoms with Crippen molar-refractivity contribution in [1.29, 1.82) is 0 Å². The lowest BCUT2D eigenvalue weighted by Gasteiger charge is -2.05. The van der Waals surface area contributed by atoms with Gasteiger partial charge < -0.3 is 5.32 Å². The van der Waals surface area contributed by atoms with E-state index < -0.39 is 0 Å². The van der Waals surface area contributed by atoms with E-state index >= 15 is 0 Å². The van der Waals surface area contributed by atoms with Crippen LogP contribution in [0.1, 0.15) is 64.5 Å². The van der Waals surface area contributed by atoms with Crippen LogP contribution in [-0.2, 0) is 13.5 Å². The summed E-state index contributed by atoms with van der Waals surface area (Å²) in [5.41, 5.74) is 2.39. The second kappa shape index (κ2) is 9.01. The Hall–Kier alpha value is -0.990. The highest BCUT2D eigenvalue weighted by atomic mass is 15.3. The lowest BCUT2D eigenvalue weighted by atomic mass is 10.1. The lowest BCUT2D eigenvalue weighted by molar-refractivity contribution is 0.596. The zero-order valence-corrected chi connectivity index (χ0v) is 12.3. The van der Waals surface area contributed by atoms with E-state index in [4.69, 9.17) is 0 Å². The summed E-state index contributed by atoms with van der Waals surface area (Å²) in [6.45, 7) is 5.50. The first-order chi connectivity index (χ1) is 8.77. The van der Waals surface area contributed by atoms with Crippen molar-refractivity contribution in [3.8, 4) is 0 Å². The molecule has 0 amide bonds. The summed E-state index contributed by atoms with van der Waals surface area (Å²) >= 11 is 0. The maximum atomic E-state index is 4.43. The minimum absolute atomic E-state index is 1.00. The lowest BCUT2D eigenvalue weighted by Crippen LogP contribution is -2.02. The zero-order chi connectivity index (χ0) is 13.2. The second-order valence-corrected chi connectivity index (χ2v) is 5.06. The molecule has 0 aromatic carbocycles. The molecule has 0 spiro atoms. The Labute approximate surface area is 112 Å². The highest BCUT2D eigenvalue weighted by Crippen LogP contribution is 2.14. The van der Waals surface area contributed by atoms with Gasteiger partial charge in [-0.1, -0.05) is 52.4 Å². The normalized spacial score (nSPS) is 10.8. The van der Waals surface area contributed by atoms with Crippen LogP contribution in [0.15, 0.2) is 6.20 Å². The molecule has 1 heterocycles. The molecule has 1 rings (SSSR count). The van der Waals surface area contributed by atoms with Crippen LogP contribution >= 0.6 is 0 Å². The SMILES string of the molecule is CCCCCCCCCNc1cn(C)nc1CC. The Kier molecular flexibility index (Phi) is 7.54. The Morgan fingerprint density at radius 1 is 1.06 bits per heavy atom. The number of hydrogen-bond donors (Lipinski definition) is 1. The van der Waals surface area contributed by atoms with Crippen LogP contribution in [0, 0.1) is 0 Å². The van der Waals surface area contributed by atoms with Crippen LogP contribution in [-0.4, -0.2) is 16.3 Å². The van der Waals surface area contributed by atoms with Gasteiger partial charge in [0.05, 0.1) is 11.4 Å². The minimum Gasteiger partial charge on any atom is -0.382 e. The predicted molar refractivity (Wildman–Crippen MR) is 79.1 cm³/mol. The van der Waals surface area contributed by atoms with Crippen molar-refractivity contribution in [2.75, 3.05) is 11.9 Å². The first-order valence-corrected chi connectivity index (χ1v) is 7.54. The summed E-state index contributed by atoms with van der Waals surface area (Å²) in [5, 5.41) is 7.94. The third kappa shape index (κ3) is 5.56. The van der Waals surface area contributed by atoms with Crippen molar-refractivity contribution in [3.05, 3.63) is 11.9 Å². The summed E-state index contributed by atoms with van der Waals surface area (Å²) in [5.74, 6) is 0. The standard InChI is InChI=1S/C15H29N3/c1-4-6-7-8-9-10-11-12-16-15-13-18(3)17-14(15)5-2/h13,16H,4-12H2,1-3H3. The van der Waals surface area contributed by atoms with Gasteiger partial charge in [-0.05, 0) is 12.8 Å². The molecule has 0 atom stereocenters. The highest BCUT2D eigenvalue weighted by molar-refractivity contribution is 5.46. The third-order valence-electron chi connectivity index (χ3n) is 3.34. The first kappa shape index (κ1) is 15.1. The van der Waals surface area contributed by atoms with Gasteiger partial charge in [0.25, 0.3) is 0 Å². The van der Waals surface area contributed by atoms with Crippen LogP contribution in [0.4, 0.5) is 5.69 Å². The Morgan fingerprint density at radius 2 is 1.72 bits per heavy atom. The molecule has 0 unspecified atom stereocenters. The van der Waals surface area contributed by atoms with Crippen molar-refractivity contribution in [2.45, 2.75) is 65.2 Å². The molecular formula is C15H29N3. The molecule has 0 bridgehead atoms. The molecule has 104 valence electrons. The molecule has 0 aliphatic carbocycles. The number of anilines is 1. The molecule has 0 saturated carbocycles. The van der Waals surface area contributed by atoms with Crippen molar-refractivity contribution in [3.63, 3.8) is 0 Å². The quantitative estimate of drug-likeness (QED) is 0.633. The van der Waals surface area contributed by atoms with E-state index in [-0.39, 0.29) is 0 Å². The van der Waals surface area contributed by atoms with E-state index in [1.807, 2.05) is 11.7 Å². The average Bonchev–Trinajstić information content (AvgIpc) is 2.73. The summed E-state index contributed by atoms with van der Waals surface area (Å²) in [6, 6.07) is 0. The van der Waals surface area contributed by atoms with E-state index in [2.05, 4.69) is 30.5 Å². The summed E-state index contributed by atoms with van der Waals surface area (Å²) in [7, 11) is 1.98. The van der Waals surface area contributed by atoms with E-state index in [9.17, 15) is 0 Å². The van der Waals surface area contributed by atoms with Crippen LogP contribution in [0.2, 0.25) is 0 Å². The van der Waals surface area contributed by atoms with Gasteiger partial charge in [0.1, 0.15) is 0 Å². The number of aromatic nitrogens is 2. The van der Waals surface area contributed by atoms with E-state index in [1.54, 1.807) is 0 Å². The maximum Gasteiger partial charge on any atom is 0.0853 e. The molecule has 0 aliphatic rings. The van der Waals surface area contributed by atoms with Crippen LogP contribution in [0.5, 0.6) is 0 Å². The molecule has 1 N–H and O–H groups in total. The summed E-state index contributed by atoms with van der Waals surface area (Å²) in [6.07, 6.45) is 12.6. The molecule has 0 aliphatic heterocycles. The second-order valence-electron chi connectivity index (χ2n) is 5.06. The predicted octanol–water partition coefficient (Wildman–Crippen LogP) is 4.15. The van der Waals surface area contributed by atoms with Crippen molar-refractivity contribution >= 4 is 5.69 Å². The van der Waals surface area contributed by atoms with Crippen molar-refractivity contribution in [2.24, 2.45) is 7.05 Å². The largest absolute Gasteiger partial charge is 0.382 e. The fourth-order valence-corrected chi connectivity index (χ4v) is 2.25. The van der Waals surface area contributed by atoms with Crippen LogP contribution < -0.4 is 5.32 Å². The van der Waals surface area contributed by atoms with Gasteiger partial charge in [-0.3, -0.25) is 4.68 Å². The highest BCUT2D eigenvalue weighted by Gasteiger charge is 2.04. The van der Waals surface area contributed by atoms with E-state index in [0.717, 1.165) is 13.0 Å². The Balaban J connectivity index is 2.06. The Bertz CT molecular complexity index is 318. The number of unbranched alkanes of at least 4 members (excludes halogenated alkanes) is 6. The van der Waals surface area contributed by atoms with Gasteiger partial charge in [-0.15, -0.1) is 0 Å². The molecular weight excluding hydrogens is 222 g/mol. The summed E-state index contributed by atoms with van der Waals surface area (Å²) < 4.78 is 1.89. The summed E-state index contributed by atoms with van der Waals surface area (Å²) in [4.78, 5) is 0. The molecule has 1 aromatic rings. The Morgan fingerprint density at radius 3 is 2.39 bits per heavy atom. The fourth-order valence-electron chi connectivity index (χ4n) is 2.25. The van der Waals surface area contributed by atoms with Gasteiger partial charge in [-0.25, -0.2) is 0 Å². The van der Waals surface area contributed by atoms with Gasteiger partial charge >= 0.3 is 0 Å². The van der Waals surface area contributed by atoms with E-state index in [0.29, 0.717) is 0 Å². The maximum absolute atomic E-state index is 4.43. The average molecular weight is 251 g/mol. The number of rotatable bonds is 10. The van der Waals surface area contributed by atoms with Crippen LogP contribution in [0.25, 0.3) is 0 Å². The molecule has 1 aromatic heterocycles. The molecule has 18 heavy (non-hydrogen) atoms. The fraction of sp³-hybridized carbons (Fsp3) is 0.800. The van der Waals surface area contributed by atoms with Crippen LogP contribution in [0.3, 0.4) is 0 Å². The van der Waals surface area contributed by atoms with Gasteiger partial charge in [-0.2, -0.15) is 5.10 Å². The van der Waals surface area contributed by atoms with Crippen molar-refractivity contribution < 1.29 is 0 Å². The number of aryl methyl sites for hydroxylation is 2.